The molecule has 0 aliphatic rings. The Morgan fingerprint density at radius 2 is 2.00 bits per heavy atom. The Balaban J connectivity index is 2.16. The summed E-state index contributed by atoms with van der Waals surface area (Å²) in [5.41, 5.74) is 8.17. The maximum Gasteiger partial charge on any atom is 0.178 e. The van der Waals surface area contributed by atoms with Crippen molar-refractivity contribution in [1.82, 2.24) is 9.97 Å². The Hall–Kier alpha value is -1.97. The van der Waals surface area contributed by atoms with E-state index < -0.39 is 0 Å². The van der Waals surface area contributed by atoms with Gasteiger partial charge in [0.15, 0.2) is 18.9 Å². The van der Waals surface area contributed by atoms with Crippen LogP contribution in [0, 0.1) is 6.92 Å². The minimum absolute atomic E-state index is 0.585. The number of rotatable bonds is 4. The van der Waals surface area contributed by atoms with E-state index in [0.717, 1.165) is 24.2 Å². The van der Waals surface area contributed by atoms with Crippen LogP contribution in [0.2, 0.25) is 0 Å². The van der Waals surface area contributed by atoms with Crippen LogP contribution in [0.15, 0.2) is 30.7 Å². The van der Waals surface area contributed by atoms with Crippen molar-refractivity contribution in [2.24, 2.45) is 0 Å². The summed E-state index contributed by atoms with van der Waals surface area (Å²) in [5.74, 6) is 1.41. The van der Waals surface area contributed by atoms with E-state index >= 15 is 0 Å². The van der Waals surface area contributed by atoms with Crippen LogP contribution < -0.4 is 10.3 Å². The molecule has 2 heterocycles. The van der Waals surface area contributed by atoms with Gasteiger partial charge in [-0.05, 0) is 18.9 Å². The average Bonchev–Trinajstić information content (AvgIpc) is 2.36. The van der Waals surface area contributed by atoms with Gasteiger partial charge in [-0.3, -0.25) is 0 Å². The number of pyridine rings is 1. The summed E-state index contributed by atoms with van der Waals surface area (Å²) >= 11 is 0. The SMILES string of the molecule is CCCc1ncc(C[n+]2ccc(C)cc2)c(N)n1. The molecule has 4 heteroatoms. The Morgan fingerprint density at radius 3 is 2.61 bits per heavy atom. The van der Waals surface area contributed by atoms with E-state index in [1.54, 1.807) is 0 Å². The molecule has 2 aromatic heterocycles. The van der Waals surface area contributed by atoms with Gasteiger partial charge in [-0.15, -0.1) is 0 Å². The zero-order valence-corrected chi connectivity index (χ0v) is 10.9. The number of nitrogens with zero attached hydrogens (tertiary/aromatic N) is 3. The van der Waals surface area contributed by atoms with Crippen LogP contribution in [0.3, 0.4) is 0 Å². The molecule has 0 aliphatic carbocycles. The number of nitrogen functional groups attached to an aromatic ring is 1. The minimum atomic E-state index is 0.585. The maximum absolute atomic E-state index is 5.96. The summed E-state index contributed by atoms with van der Waals surface area (Å²) in [6.07, 6.45) is 7.82. The van der Waals surface area contributed by atoms with Crippen molar-refractivity contribution in [3.63, 3.8) is 0 Å². The molecule has 4 nitrogen and oxygen atoms in total. The molecule has 0 radical (unpaired) electrons. The first-order valence-electron chi connectivity index (χ1n) is 6.25. The number of aryl methyl sites for hydroxylation is 2. The molecule has 0 saturated heterocycles. The highest BCUT2D eigenvalue weighted by molar-refractivity contribution is 5.36. The third-order valence-electron chi connectivity index (χ3n) is 2.83. The molecule has 0 fully saturated rings. The third-order valence-corrected chi connectivity index (χ3v) is 2.83. The Morgan fingerprint density at radius 1 is 1.28 bits per heavy atom. The predicted octanol–water partition coefficient (Wildman–Crippen LogP) is 1.66. The second-order valence-corrected chi connectivity index (χ2v) is 4.49. The predicted molar refractivity (Wildman–Crippen MR) is 70.9 cm³/mol. The summed E-state index contributed by atoms with van der Waals surface area (Å²) in [6.45, 7) is 4.88. The average molecular weight is 243 g/mol. The molecule has 0 atom stereocenters. The summed E-state index contributed by atoms with van der Waals surface area (Å²) in [5, 5.41) is 0. The van der Waals surface area contributed by atoms with Gasteiger partial charge in [0.2, 0.25) is 0 Å². The fraction of sp³-hybridized carbons (Fsp3) is 0.357. The van der Waals surface area contributed by atoms with E-state index in [-0.39, 0.29) is 0 Å². The third kappa shape index (κ3) is 3.03. The molecule has 2 aromatic rings. The van der Waals surface area contributed by atoms with Crippen molar-refractivity contribution in [3.8, 4) is 0 Å². The van der Waals surface area contributed by atoms with Crippen LogP contribution in [0.4, 0.5) is 5.82 Å². The van der Waals surface area contributed by atoms with Crippen LogP contribution in [-0.2, 0) is 13.0 Å². The molecule has 0 saturated carbocycles. The van der Waals surface area contributed by atoms with E-state index in [9.17, 15) is 0 Å². The van der Waals surface area contributed by atoms with Gasteiger partial charge >= 0.3 is 0 Å². The second-order valence-electron chi connectivity index (χ2n) is 4.49. The molecule has 0 aromatic carbocycles. The lowest BCUT2D eigenvalue weighted by Crippen LogP contribution is -2.33. The van der Waals surface area contributed by atoms with Crippen LogP contribution in [0.25, 0.3) is 0 Å². The fourth-order valence-electron chi connectivity index (χ4n) is 1.76. The van der Waals surface area contributed by atoms with Crippen LogP contribution in [0.5, 0.6) is 0 Å². The highest BCUT2D eigenvalue weighted by atomic mass is 15.0. The van der Waals surface area contributed by atoms with Gasteiger partial charge in [-0.2, -0.15) is 0 Å². The zero-order valence-electron chi connectivity index (χ0n) is 10.9. The molecule has 0 amide bonds. The zero-order chi connectivity index (χ0) is 13.0. The topological polar surface area (TPSA) is 55.7 Å². The van der Waals surface area contributed by atoms with Crippen LogP contribution in [-0.4, -0.2) is 9.97 Å². The fourth-order valence-corrected chi connectivity index (χ4v) is 1.76. The minimum Gasteiger partial charge on any atom is -0.383 e. The first-order chi connectivity index (χ1) is 8.69. The van der Waals surface area contributed by atoms with E-state index in [1.807, 2.05) is 18.6 Å². The monoisotopic (exact) mass is 243 g/mol. The van der Waals surface area contributed by atoms with E-state index in [2.05, 4.69) is 40.5 Å². The maximum atomic E-state index is 5.96. The van der Waals surface area contributed by atoms with Gasteiger partial charge in [0.25, 0.3) is 0 Å². The van der Waals surface area contributed by atoms with Crippen molar-refractivity contribution in [2.45, 2.75) is 33.2 Å². The van der Waals surface area contributed by atoms with Gasteiger partial charge in [0.05, 0.1) is 5.56 Å². The Labute approximate surface area is 108 Å². The molecule has 2 N–H and O–H groups in total. The summed E-state index contributed by atoms with van der Waals surface area (Å²) in [6, 6.07) is 4.14. The van der Waals surface area contributed by atoms with Crippen molar-refractivity contribution in [2.75, 3.05) is 5.73 Å². The Kier molecular flexibility index (Phi) is 3.87. The van der Waals surface area contributed by atoms with Gasteiger partial charge in [0, 0.05) is 24.8 Å². The smallest absolute Gasteiger partial charge is 0.178 e. The number of hydrogen-bond donors (Lipinski definition) is 1. The van der Waals surface area contributed by atoms with Crippen molar-refractivity contribution < 1.29 is 4.57 Å². The molecule has 0 unspecified atom stereocenters. The van der Waals surface area contributed by atoms with Gasteiger partial charge in [-0.1, -0.05) is 6.92 Å². The molecule has 0 bridgehead atoms. The molecule has 0 spiro atoms. The molecule has 94 valence electrons. The molecule has 2 rings (SSSR count). The second kappa shape index (κ2) is 5.58. The van der Waals surface area contributed by atoms with Crippen molar-refractivity contribution in [3.05, 3.63) is 47.7 Å². The van der Waals surface area contributed by atoms with E-state index in [4.69, 9.17) is 5.73 Å². The lowest BCUT2D eigenvalue weighted by atomic mass is 10.2. The highest BCUT2D eigenvalue weighted by Gasteiger charge is 2.08. The number of nitrogens with two attached hydrogens (primary N) is 1. The van der Waals surface area contributed by atoms with Crippen molar-refractivity contribution >= 4 is 5.82 Å². The molecule has 0 aliphatic heterocycles. The number of anilines is 1. The quantitative estimate of drug-likeness (QED) is 0.831. The lowest BCUT2D eigenvalue weighted by Gasteiger charge is -2.04. The largest absolute Gasteiger partial charge is 0.383 e. The number of aromatic nitrogens is 3. The van der Waals surface area contributed by atoms with Gasteiger partial charge in [-0.25, -0.2) is 14.5 Å². The highest BCUT2D eigenvalue weighted by Crippen LogP contribution is 2.08. The lowest BCUT2D eigenvalue weighted by molar-refractivity contribution is -0.688. The number of hydrogen-bond acceptors (Lipinski definition) is 3. The first-order valence-corrected chi connectivity index (χ1v) is 6.25. The molecular weight excluding hydrogens is 224 g/mol. The van der Waals surface area contributed by atoms with Crippen LogP contribution >= 0.6 is 0 Å². The molecule has 18 heavy (non-hydrogen) atoms. The van der Waals surface area contributed by atoms with Gasteiger partial charge < -0.3 is 5.73 Å². The Bertz CT molecular complexity index is 520. The van der Waals surface area contributed by atoms with Crippen LogP contribution in [0.1, 0.15) is 30.3 Å². The van der Waals surface area contributed by atoms with E-state index in [0.29, 0.717) is 12.4 Å². The summed E-state index contributed by atoms with van der Waals surface area (Å²) in [4.78, 5) is 8.67. The summed E-state index contributed by atoms with van der Waals surface area (Å²) < 4.78 is 2.07. The van der Waals surface area contributed by atoms with Crippen molar-refractivity contribution in [1.29, 1.82) is 0 Å². The summed E-state index contributed by atoms with van der Waals surface area (Å²) in [7, 11) is 0. The first kappa shape index (κ1) is 12.5. The van der Waals surface area contributed by atoms with E-state index in [1.165, 1.54) is 5.56 Å². The van der Waals surface area contributed by atoms with Gasteiger partial charge in [0.1, 0.15) is 11.6 Å². The normalized spacial score (nSPS) is 10.6. The standard InChI is InChI=1S/C14H19N4/c1-3-4-13-16-9-12(14(15)17-13)10-18-7-5-11(2)6-8-18/h5-9H,3-4,10H2,1-2H3,(H2,15,16,17)/q+1. The molecular formula is C14H19N4+.